The van der Waals surface area contributed by atoms with Crippen molar-refractivity contribution in [2.45, 2.75) is 34.1 Å². The molecule has 2 nitrogen and oxygen atoms in total. The van der Waals surface area contributed by atoms with Crippen LogP contribution in [0, 0.1) is 19.8 Å². The molecule has 0 N–H and O–H groups in total. The highest BCUT2D eigenvalue weighted by Crippen LogP contribution is 2.21. The molecular formula is C14H23NOS. The molecule has 96 valence electrons. The van der Waals surface area contributed by atoms with Gasteiger partial charge in [-0.1, -0.05) is 13.8 Å². The van der Waals surface area contributed by atoms with Crippen molar-refractivity contribution < 1.29 is 4.79 Å². The third kappa shape index (κ3) is 4.60. The molecule has 1 heterocycles. The summed E-state index contributed by atoms with van der Waals surface area (Å²) in [5.74, 6) is 0.941. The van der Waals surface area contributed by atoms with E-state index in [1.54, 1.807) is 11.3 Å². The maximum Gasteiger partial charge on any atom is 0.177 e. The van der Waals surface area contributed by atoms with Crippen LogP contribution in [0.2, 0.25) is 0 Å². The lowest BCUT2D eigenvalue weighted by atomic mass is 10.1. The molecule has 0 aromatic carbocycles. The summed E-state index contributed by atoms with van der Waals surface area (Å²) in [6, 6.07) is 2.01. The van der Waals surface area contributed by atoms with Crippen LogP contribution in [0.3, 0.4) is 0 Å². The van der Waals surface area contributed by atoms with E-state index in [-0.39, 0.29) is 5.78 Å². The molecule has 0 aliphatic carbocycles. The summed E-state index contributed by atoms with van der Waals surface area (Å²) in [6.45, 7) is 10.0. The van der Waals surface area contributed by atoms with Crippen molar-refractivity contribution in [3.63, 3.8) is 0 Å². The fourth-order valence-electron chi connectivity index (χ4n) is 1.80. The van der Waals surface area contributed by atoms with E-state index < -0.39 is 0 Å². The minimum atomic E-state index is 0.248. The van der Waals surface area contributed by atoms with E-state index in [0.717, 1.165) is 23.4 Å². The van der Waals surface area contributed by atoms with E-state index in [2.05, 4.69) is 25.7 Å². The summed E-state index contributed by atoms with van der Waals surface area (Å²) >= 11 is 1.70. The first-order chi connectivity index (χ1) is 7.90. The molecule has 1 aromatic rings. The maximum absolute atomic E-state index is 12.1. The monoisotopic (exact) mass is 253 g/mol. The van der Waals surface area contributed by atoms with Crippen LogP contribution < -0.4 is 0 Å². The second-order valence-corrected chi connectivity index (χ2v) is 6.63. The van der Waals surface area contributed by atoms with Gasteiger partial charge in [-0.2, -0.15) is 0 Å². The molecule has 0 radical (unpaired) electrons. The zero-order chi connectivity index (χ0) is 13.0. The first kappa shape index (κ1) is 14.4. The van der Waals surface area contributed by atoms with Crippen molar-refractivity contribution >= 4 is 17.1 Å². The minimum Gasteiger partial charge on any atom is -0.299 e. The summed E-state index contributed by atoms with van der Waals surface area (Å²) in [6.07, 6.45) is 1.14. The van der Waals surface area contributed by atoms with Crippen LogP contribution in [0.15, 0.2) is 6.07 Å². The SMILES string of the molecule is Cc1cc(C(=O)CN(C)CCC(C)C)c(C)s1. The second kappa shape index (κ2) is 6.31. The van der Waals surface area contributed by atoms with Gasteiger partial charge >= 0.3 is 0 Å². The Balaban J connectivity index is 2.51. The fraction of sp³-hybridized carbons (Fsp3) is 0.643. The van der Waals surface area contributed by atoms with Gasteiger partial charge in [0.25, 0.3) is 0 Å². The fourth-order valence-corrected chi connectivity index (χ4v) is 2.74. The number of hydrogen-bond acceptors (Lipinski definition) is 3. The molecule has 0 atom stereocenters. The predicted molar refractivity (Wildman–Crippen MR) is 75.1 cm³/mol. The average Bonchev–Trinajstić information content (AvgIpc) is 2.55. The molecule has 0 fully saturated rings. The van der Waals surface area contributed by atoms with Gasteiger partial charge in [-0.3, -0.25) is 9.69 Å². The van der Waals surface area contributed by atoms with Crippen LogP contribution in [0.5, 0.6) is 0 Å². The van der Waals surface area contributed by atoms with E-state index in [1.165, 1.54) is 4.88 Å². The molecule has 0 aliphatic heterocycles. The minimum absolute atomic E-state index is 0.248. The smallest absolute Gasteiger partial charge is 0.177 e. The van der Waals surface area contributed by atoms with Crippen LogP contribution in [0.4, 0.5) is 0 Å². The summed E-state index contributed by atoms with van der Waals surface area (Å²) < 4.78 is 0. The molecule has 1 rings (SSSR count). The number of aryl methyl sites for hydroxylation is 2. The molecular weight excluding hydrogens is 230 g/mol. The Morgan fingerprint density at radius 1 is 1.41 bits per heavy atom. The molecule has 0 saturated carbocycles. The number of Topliss-reactive ketones (excluding diaryl/α,β-unsaturated/α-hetero) is 1. The molecule has 0 saturated heterocycles. The van der Waals surface area contributed by atoms with Crippen LogP contribution in [0.1, 0.15) is 40.4 Å². The number of hydrogen-bond donors (Lipinski definition) is 0. The third-order valence-corrected chi connectivity index (χ3v) is 3.81. The lowest BCUT2D eigenvalue weighted by Crippen LogP contribution is -2.27. The number of carbonyl (C=O) groups is 1. The maximum atomic E-state index is 12.1. The van der Waals surface area contributed by atoms with Gasteiger partial charge in [0.05, 0.1) is 6.54 Å². The Labute approximate surface area is 109 Å². The number of carbonyl (C=O) groups excluding carboxylic acids is 1. The standard InChI is InChI=1S/C14H23NOS/c1-10(2)6-7-15(5)9-14(16)13-8-11(3)17-12(13)4/h8,10H,6-7,9H2,1-5H3. The Morgan fingerprint density at radius 3 is 2.53 bits per heavy atom. The van der Waals surface area contributed by atoms with Crippen LogP contribution in [-0.4, -0.2) is 30.8 Å². The van der Waals surface area contributed by atoms with Gasteiger partial charge in [0.15, 0.2) is 5.78 Å². The van der Waals surface area contributed by atoms with Gasteiger partial charge < -0.3 is 0 Å². The van der Waals surface area contributed by atoms with Crippen LogP contribution in [-0.2, 0) is 0 Å². The third-order valence-electron chi connectivity index (χ3n) is 2.84. The molecule has 0 bridgehead atoms. The average molecular weight is 253 g/mol. The first-order valence-corrected chi connectivity index (χ1v) is 7.00. The molecule has 3 heteroatoms. The van der Waals surface area contributed by atoms with Crippen LogP contribution >= 0.6 is 11.3 Å². The van der Waals surface area contributed by atoms with E-state index in [4.69, 9.17) is 0 Å². The number of thiophene rings is 1. The number of likely N-dealkylation sites (N-methyl/N-ethyl adjacent to an activating group) is 1. The lowest BCUT2D eigenvalue weighted by molar-refractivity contribution is 0.0943. The molecule has 1 aromatic heterocycles. The molecule has 0 spiro atoms. The number of nitrogens with zero attached hydrogens (tertiary/aromatic N) is 1. The van der Waals surface area contributed by atoms with Crippen molar-refractivity contribution in [1.29, 1.82) is 0 Å². The van der Waals surface area contributed by atoms with E-state index in [1.807, 2.05) is 20.0 Å². The Kier molecular flexibility index (Phi) is 5.34. The summed E-state index contributed by atoms with van der Waals surface area (Å²) in [5.41, 5.74) is 0.906. The molecule has 0 unspecified atom stereocenters. The highest BCUT2D eigenvalue weighted by Gasteiger charge is 2.14. The summed E-state index contributed by atoms with van der Waals surface area (Å²) in [7, 11) is 2.02. The first-order valence-electron chi connectivity index (χ1n) is 6.19. The van der Waals surface area contributed by atoms with Crippen molar-refractivity contribution in [3.05, 3.63) is 21.4 Å². The Bertz CT molecular complexity index is 382. The van der Waals surface area contributed by atoms with Crippen molar-refractivity contribution in [3.8, 4) is 0 Å². The highest BCUT2D eigenvalue weighted by atomic mass is 32.1. The molecule has 17 heavy (non-hydrogen) atoms. The van der Waals surface area contributed by atoms with Gasteiger partial charge in [-0.15, -0.1) is 11.3 Å². The predicted octanol–water partition coefficient (Wildman–Crippen LogP) is 3.53. The van der Waals surface area contributed by atoms with Crippen LogP contribution in [0.25, 0.3) is 0 Å². The highest BCUT2D eigenvalue weighted by molar-refractivity contribution is 7.12. The topological polar surface area (TPSA) is 20.3 Å². The Hall–Kier alpha value is -0.670. The number of ketones is 1. The van der Waals surface area contributed by atoms with E-state index in [0.29, 0.717) is 12.5 Å². The quantitative estimate of drug-likeness (QED) is 0.723. The summed E-state index contributed by atoms with van der Waals surface area (Å²) in [4.78, 5) is 16.6. The summed E-state index contributed by atoms with van der Waals surface area (Å²) in [5, 5.41) is 0. The van der Waals surface area contributed by atoms with Gasteiger partial charge in [-0.25, -0.2) is 0 Å². The Morgan fingerprint density at radius 2 is 2.06 bits per heavy atom. The van der Waals surface area contributed by atoms with Gasteiger partial charge in [-0.05, 0) is 45.8 Å². The van der Waals surface area contributed by atoms with Gasteiger partial charge in [0.2, 0.25) is 0 Å². The normalized spacial score (nSPS) is 11.5. The number of rotatable bonds is 6. The largest absolute Gasteiger partial charge is 0.299 e. The van der Waals surface area contributed by atoms with E-state index in [9.17, 15) is 4.79 Å². The molecule has 0 amide bonds. The second-order valence-electron chi connectivity index (χ2n) is 5.17. The van der Waals surface area contributed by atoms with Gasteiger partial charge in [0.1, 0.15) is 0 Å². The lowest BCUT2D eigenvalue weighted by Gasteiger charge is -2.16. The zero-order valence-electron chi connectivity index (χ0n) is 11.5. The zero-order valence-corrected chi connectivity index (χ0v) is 12.4. The van der Waals surface area contributed by atoms with E-state index >= 15 is 0 Å². The van der Waals surface area contributed by atoms with Crippen molar-refractivity contribution in [1.82, 2.24) is 4.90 Å². The van der Waals surface area contributed by atoms with Gasteiger partial charge in [0, 0.05) is 15.3 Å². The molecule has 0 aliphatic rings. The van der Waals surface area contributed by atoms with Crippen molar-refractivity contribution in [2.75, 3.05) is 20.1 Å². The van der Waals surface area contributed by atoms with Crippen molar-refractivity contribution in [2.24, 2.45) is 5.92 Å².